The van der Waals surface area contributed by atoms with Crippen molar-refractivity contribution < 1.29 is 14.7 Å². The van der Waals surface area contributed by atoms with Crippen LogP contribution in [0.15, 0.2) is 24.5 Å². The molecule has 0 bridgehead atoms. The number of carboxylic acids is 1. The first-order valence-corrected chi connectivity index (χ1v) is 6.49. The third-order valence-corrected chi connectivity index (χ3v) is 3.55. The van der Waals surface area contributed by atoms with E-state index in [4.69, 9.17) is 0 Å². The van der Waals surface area contributed by atoms with E-state index in [0.29, 0.717) is 18.9 Å². The average molecular weight is 262 g/mol. The van der Waals surface area contributed by atoms with E-state index in [1.54, 1.807) is 18.5 Å². The Bertz CT molecular complexity index is 461. The van der Waals surface area contributed by atoms with Crippen LogP contribution in [0.4, 0.5) is 0 Å². The number of amides is 1. The van der Waals surface area contributed by atoms with Gasteiger partial charge >= 0.3 is 5.97 Å². The van der Waals surface area contributed by atoms with E-state index >= 15 is 0 Å². The Morgan fingerprint density at radius 3 is 2.95 bits per heavy atom. The van der Waals surface area contributed by atoms with Gasteiger partial charge in [0, 0.05) is 18.9 Å². The van der Waals surface area contributed by atoms with E-state index in [0.717, 1.165) is 12.0 Å². The Hall–Kier alpha value is -1.91. The van der Waals surface area contributed by atoms with Crippen LogP contribution >= 0.6 is 0 Å². The molecular formula is C14H18N2O3. The van der Waals surface area contributed by atoms with Crippen molar-refractivity contribution in [3.05, 3.63) is 30.1 Å². The number of carbonyl (C=O) groups excluding carboxylic acids is 1. The number of piperidine rings is 1. The minimum Gasteiger partial charge on any atom is -0.480 e. The molecule has 19 heavy (non-hydrogen) atoms. The fourth-order valence-electron chi connectivity index (χ4n) is 2.45. The highest BCUT2D eigenvalue weighted by Crippen LogP contribution is 2.23. The third-order valence-electron chi connectivity index (χ3n) is 3.55. The summed E-state index contributed by atoms with van der Waals surface area (Å²) in [5, 5.41) is 9.24. The van der Waals surface area contributed by atoms with Gasteiger partial charge in [-0.15, -0.1) is 0 Å². The van der Waals surface area contributed by atoms with Gasteiger partial charge in [-0.2, -0.15) is 0 Å². The normalized spacial score (nSPS) is 23.1. The molecule has 1 N–H and O–H groups in total. The number of aromatic nitrogens is 1. The predicted octanol–water partition coefficient (Wildman–Crippen LogP) is 1.34. The fourth-order valence-corrected chi connectivity index (χ4v) is 2.45. The minimum atomic E-state index is -0.911. The quantitative estimate of drug-likeness (QED) is 0.892. The van der Waals surface area contributed by atoms with Crippen LogP contribution in [-0.2, 0) is 16.0 Å². The van der Waals surface area contributed by atoms with Gasteiger partial charge in [0.05, 0.1) is 6.42 Å². The Kier molecular flexibility index (Phi) is 4.14. The van der Waals surface area contributed by atoms with Gasteiger partial charge in [-0.05, 0) is 30.4 Å². The van der Waals surface area contributed by atoms with E-state index in [1.165, 1.54) is 4.90 Å². The minimum absolute atomic E-state index is 0.132. The molecular weight excluding hydrogens is 244 g/mol. The van der Waals surface area contributed by atoms with Crippen molar-refractivity contribution in [2.24, 2.45) is 5.92 Å². The van der Waals surface area contributed by atoms with Gasteiger partial charge in [-0.3, -0.25) is 9.78 Å². The van der Waals surface area contributed by atoms with Crippen molar-refractivity contribution in [3.8, 4) is 0 Å². The monoisotopic (exact) mass is 262 g/mol. The first-order chi connectivity index (χ1) is 9.08. The van der Waals surface area contributed by atoms with Crippen LogP contribution in [0.1, 0.15) is 25.3 Å². The molecule has 5 heteroatoms. The van der Waals surface area contributed by atoms with Gasteiger partial charge in [0.25, 0.3) is 0 Å². The average Bonchev–Trinajstić information content (AvgIpc) is 2.39. The highest BCUT2D eigenvalue weighted by atomic mass is 16.4. The highest BCUT2D eigenvalue weighted by molar-refractivity contribution is 5.85. The number of hydrogen-bond donors (Lipinski definition) is 1. The molecule has 2 unspecified atom stereocenters. The molecule has 1 fully saturated rings. The zero-order valence-corrected chi connectivity index (χ0v) is 11.0. The predicted molar refractivity (Wildman–Crippen MR) is 69.5 cm³/mol. The molecule has 2 heterocycles. The van der Waals surface area contributed by atoms with Crippen LogP contribution in [-0.4, -0.2) is 39.5 Å². The summed E-state index contributed by atoms with van der Waals surface area (Å²) in [5.74, 6) is -0.693. The van der Waals surface area contributed by atoms with Gasteiger partial charge < -0.3 is 10.0 Å². The molecule has 102 valence electrons. The van der Waals surface area contributed by atoms with Gasteiger partial charge in [0.1, 0.15) is 6.04 Å². The molecule has 5 nitrogen and oxygen atoms in total. The fraction of sp³-hybridized carbons (Fsp3) is 0.500. The summed E-state index contributed by atoms with van der Waals surface area (Å²) >= 11 is 0. The molecule has 1 saturated heterocycles. The van der Waals surface area contributed by atoms with Crippen LogP contribution in [0.2, 0.25) is 0 Å². The zero-order valence-electron chi connectivity index (χ0n) is 11.0. The van der Waals surface area contributed by atoms with Crippen molar-refractivity contribution in [2.75, 3.05) is 6.54 Å². The second kappa shape index (κ2) is 5.82. The van der Waals surface area contributed by atoms with E-state index in [-0.39, 0.29) is 12.3 Å². The lowest BCUT2D eigenvalue weighted by molar-refractivity contribution is -0.152. The summed E-state index contributed by atoms with van der Waals surface area (Å²) in [4.78, 5) is 28.9. The molecule has 0 aromatic carbocycles. The summed E-state index contributed by atoms with van der Waals surface area (Å²) in [6, 6.07) is 2.91. The van der Waals surface area contributed by atoms with E-state index in [1.807, 2.05) is 13.0 Å². The molecule has 1 aromatic rings. The highest BCUT2D eigenvalue weighted by Gasteiger charge is 2.34. The van der Waals surface area contributed by atoms with Gasteiger partial charge in [-0.1, -0.05) is 13.0 Å². The van der Waals surface area contributed by atoms with Crippen LogP contribution in [0.5, 0.6) is 0 Å². The first-order valence-electron chi connectivity index (χ1n) is 6.49. The largest absolute Gasteiger partial charge is 0.480 e. The molecule has 0 radical (unpaired) electrons. The smallest absolute Gasteiger partial charge is 0.326 e. The van der Waals surface area contributed by atoms with Crippen molar-refractivity contribution in [1.82, 2.24) is 9.88 Å². The second-order valence-corrected chi connectivity index (χ2v) is 5.11. The van der Waals surface area contributed by atoms with Crippen molar-refractivity contribution in [3.63, 3.8) is 0 Å². The van der Waals surface area contributed by atoms with Crippen molar-refractivity contribution in [1.29, 1.82) is 0 Å². The number of likely N-dealkylation sites (tertiary alicyclic amines) is 1. The Balaban J connectivity index is 2.06. The number of nitrogens with zero attached hydrogens (tertiary/aromatic N) is 2. The lowest BCUT2D eigenvalue weighted by atomic mass is 9.92. The van der Waals surface area contributed by atoms with Crippen LogP contribution in [0, 0.1) is 5.92 Å². The maximum absolute atomic E-state index is 12.2. The zero-order chi connectivity index (χ0) is 13.8. The van der Waals surface area contributed by atoms with E-state index < -0.39 is 12.0 Å². The number of aliphatic carboxylic acids is 1. The molecule has 0 spiro atoms. The maximum Gasteiger partial charge on any atom is 0.326 e. The summed E-state index contributed by atoms with van der Waals surface area (Å²) in [6.45, 7) is 2.55. The number of carbonyl (C=O) groups is 2. The van der Waals surface area contributed by atoms with E-state index in [9.17, 15) is 14.7 Å². The molecule has 1 amide bonds. The standard InChI is InChI=1S/C14H18N2O3/c1-10-4-6-16(12(7-10)14(18)19)13(17)8-11-3-2-5-15-9-11/h2-3,5,9-10,12H,4,6-8H2,1H3,(H,18,19). The number of hydrogen-bond acceptors (Lipinski definition) is 3. The first kappa shape index (κ1) is 13.5. The van der Waals surface area contributed by atoms with Crippen LogP contribution < -0.4 is 0 Å². The molecule has 1 aliphatic rings. The molecule has 0 aliphatic carbocycles. The van der Waals surface area contributed by atoms with Gasteiger partial charge in [0.2, 0.25) is 5.91 Å². The maximum atomic E-state index is 12.2. The number of carboxylic acid groups (broad SMARTS) is 1. The van der Waals surface area contributed by atoms with Crippen molar-refractivity contribution >= 4 is 11.9 Å². The van der Waals surface area contributed by atoms with Crippen LogP contribution in [0.3, 0.4) is 0 Å². The number of pyridine rings is 1. The Labute approximate surface area is 112 Å². The Morgan fingerprint density at radius 1 is 1.53 bits per heavy atom. The SMILES string of the molecule is CC1CCN(C(=O)Cc2cccnc2)C(C(=O)O)C1. The second-order valence-electron chi connectivity index (χ2n) is 5.11. The summed E-state index contributed by atoms with van der Waals surface area (Å²) in [5.41, 5.74) is 0.815. The molecule has 1 aromatic heterocycles. The summed E-state index contributed by atoms with van der Waals surface area (Å²) < 4.78 is 0. The lowest BCUT2D eigenvalue weighted by Crippen LogP contribution is -2.50. The third kappa shape index (κ3) is 3.30. The lowest BCUT2D eigenvalue weighted by Gasteiger charge is -2.36. The summed E-state index contributed by atoms with van der Waals surface area (Å²) in [6.07, 6.45) is 4.90. The van der Waals surface area contributed by atoms with Crippen molar-refractivity contribution in [2.45, 2.75) is 32.2 Å². The summed E-state index contributed by atoms with van der Waals surface area (Å²) in [7, 11) is 0. The molecule has 0 saturated carbocycles. The molecule has 2 rings (SSSR count). The van der Waals surface area contributed by atoms with Gasteiger partial charge in [-0.25, -0.2) is 4.79 Å². The number of rotatable bonds is 3. The molecule has 1 aliphatic heterocycles. The topological polar surface area (TPSA) is 70.5 Å². The van der Waals surface area contributed by atoms with Crippen LogP contribution in [0.25, 0.3) is 0 Å². The Morgan fingerprint density at radius 2 is 2.32 bits per heavy atom. The van der Waals surface area contributed by atoms with E-state index in [2.05, 4.69) is 4.98 Å². The van der Waals surface area contributed by atoms with Gasteiger partial charge in [0.15, 0.2) is 0 Å². The molecule has 2 atom stereocenters.